The second kappa shape index (κ2) is 6.61. The largest absolute Gasteiger partial charge is 0.378 e. The molecule has 0 radical (unpaired) electrons. The molecule has 5 nitrogen and oxygen atoms in total. The zero-order chi connectivity index (χ0) is 13.1. The Kier molecular flexibility index (Phi) is 5.42. The van der Waals surface area contributed by atoms with Crippen LogP contribution >= 0.6 is 12.4 Å². The van der Waals surface area contributed by atoms with Crippen molar-refractivity contribution in [1.29, 1.82) is 0 Å². The van der Waals surface area contributed by atoms with Gasteiger partial charge in [-0.3, -0.25) is 9.36 Å². The third-order valence-corrected chi connectivity index (χ3v) is 3.24. The summed E-state index contributed by atoms with van der Waals surface area (Å²) in [5.41, 5.74) is 4.60. The van der Waals surface area contributed by atoms with Gasteiger partial charge in [0.1, 0.15) is 0 Å². The highest BCUT2D eigenvalue weighted by molar-refractivity contribution is 5.85. The van der Waals surface area contributed by atoms with Crippen LogP contribution < -0.4 is 5.32 Å². The van der Waals surface area contributed by atoms with E-state index in [-0.39, 0.29) is 12.4 Å². The Morgan fingerprint density at radius 2 is 1.95 bits per heavy atom. The fourth-order valence-electron chi connectivity index (χ4n) is 2.02. The monoisotopic (exact) mass is 283 g/mol. The molecule has 0 atom stereocenters. The van der Waals surface area contributed by atoms with Crippen LogP contribution in [0, 0.1) is 13.8 Å². The zero-order valence-electron chi connectivity index (χ0n) is 12.0. The van der Waals surface area contributed by atoms with Crippen LogP contribution in [0.3, 0.4) is 0 Å². The summed E-state index contributed by atoms with van der Waals surface area (Å²) in [6, 6.07) is 0. The van der Waals surface area contributed by atoms with Gasteiger partial charge in [-0.25, -0.2) is 0 Å². The molecule has 0 aliphatic rings. The van der Waals surface area contributed by atoms with Crippen molar-refractivity contribution in [2.75, 3.05) is 5.32 Å². The van der Waals surface area contributed by atoms with Crippen molar-refractivity contribution in [2.45, 2.75) is 47.3 Å². The molecule has 0 aliphatic carbocycles. The molecule has 0 bridgehead atoms. The lowest BCUT2D eigenvalue weighted by atomic mass is 10.2. The quantitative estimate of drug-likeness (QED) is 0.918. The van der Waals surface area contributed by atoms with Crippen molar-refractivity contribution < 1.29 is 0 Å². The Balaban J connectivity index is 0.00000180. The second-order valence-corrected chi connectivity index (χ2v) is 4.41. The van der Waals surface area contributed by atoms with E-state index in [4.69, 9.17) is 0 Å². The normalized spacial score (nSPS) is 10.3. The highest BCUT2D eigenvalue weighted by Gasteiger charge is 2.07. The standard InChI is InChI=1S/C13H21N5.ClH/c1-5-17-9-12(10(3)16-17)7-14-13-8-15-18(6-2)11(13)4;/h8-9,14H,5-7H2,1-4H3;1H. The van der Waals surface area contributed by atoms with Crippen LogP contribution in [0.1, 0.15) is 30.8 Å². The van der Waals surface area contributed by atoms with Gasteiger partial charge in [0, 0.05) is 31.4 Å². The van der Waals surface area contributed by atoms with Gasteiger partial charge >= 0.3 is 0 Å². The molecule has 2 aromatic heterocycles. The van der Waals surface area contributed by atoms with Crippen molar-refractivity contribution in [3.05, 3.63) is 29.3 Å². The Hall–Kier alpha value is -1.49. The first-order chi connectivity index (χ1) is 8.65. The number of aromatic nitrogens is 4. The van der Waals surface area contributed by atoms with Crippen molar-refractivity contribution in [2.24, 2.45) is 0 Å². The molecule has 2 heterocycles. The molecule has 0 spiro atoms. The minimum absolute atomic E-state index is 0. The molecule has 2 rings (SSSR count). The van der Waals surface area contributed by atoms with E-state index in [0.717, 1.165) is 31.0 Å². The highest BCUT2D eigenvalue weighted by Crippen LogP contribution is 2.15. The molecule has 19 heavy (non-hydrogen) atoms. The molecule has 1 N–H and O–H groups in total. The van der Waals surface area contributed by atoms with Crippen LogP contribution in [0.4, 0.5) is 5.69 Å². The van der Waals surface area contributed by atoms with Crippen LogP contribution in [0.15, 0.2) is 12.4 Å². The van der Waals surface area contributed by atoms with E-state index < -0.39 is 0 Å². The molecule has 0 fully saturated rings. The van der Waals surface area contributed by atoms with Crippen LogP contribution in [-0.2, 0) is 19.6 Å². The number of hydrogen-bond acceptors (Lipinski definition) is 3. The smallest absolute Gasteiger partial charge is 0.0758 e. The van der Waals surface area contributed by atoms with E-state index in [1.54, 1.807) is 0 Å². The fraction of sp³-hybridized carbons (Fsp3) is 0.538. The predicted octanol–water partition coefficient (Wildman–Crippen LogP) is 2.77. The van der Waals surface area contributed by atoms with Gasteiger partial charge in [0.05, 0.1) is 23.3 Å². The average Bonchev–Trinajstić information content (AvgIpc) is 2.90. The van der Waals surface area contributed by atoms with Crippen LogP contribution in [0.2, 0.25) is 0 Å². The van der Waals surface area contributed by atoms with Crippen LogP contribution in [-0.4, -0.2) is 19.6 Å². The van der Waals surface area contributed by atoms with Gasteiger partial charge in [0.25, 0.3) is 0 Å². The van der Waals surface area contributed by atoms with Crippen LogP contribution in [0.25, 0.3) is 0 Å². The first kappa shape index (κ1) is 15.6. The average molecular weight is 284 g/mol. The van der Waals surface area contributed by atoms with E-state index >= 15 is 0 Å². The molecule has 0 saturated heterocycles. The van der Waals surface area contributed by atoms with E-state index in [1.807, 2.05) is 22.5 Å². The minimum atomic E-state index is 0. The van der Waals surface area contributed by atoms with Gasteiger partial charge in [0.15, 0.2) is 0 Å². The van der Waals surface area contributed by atoms with E-state index in [0.29, 0.717) is 0 Å². The number of anilines is 1. The first-order valence-corrected chi connectivity index (χ1v) is 6.44. The van der Waals surface area contributed by atoms with E-state index in [9.17, 15) is 0 Å². The molecule has 0 aliphatic heterocycles. The van der Waals surface area contributed by atoms with Gasteiger partial charge in [-0.15, -0.1) is 12.4 Å². The zero-order valence-corrected chi connectivity index (χ0v) is 12.8. The summed E-state index contributed by atoms with van der Waals surface area (Å²) in [6.45, 7) is 10.9. The molecule has 6 heteroatoms. The summed E-state index contributed by atoms with van der Waals surface area (Å²) < 4.78 is 3.96. The lowest BCUT2D eigenvalue weighted by Gasteiger charge is -2.05. The summed E-state index contributed by atoms with van der Waals surface area (Å²) in [4.78, 5) is 0. The van der Waals surface area contributed by atoms with Gasteiger partial charge in [-0.05, 0) is 27.7 Å². The highest BCUT2D eigenvalue weighted by atomic mass is 35.5. The molecule has 0 saturated carbocycles. The minimum Gasteiger partial charge on any atom is -0.378 e. The number of nitrogens with zero attached hydrogens (tertiary/aromatic N) is 4. The fourth-order valence-corrected chi connectivity index (χ4v) is 2.02. The number of halogens is 1. The maximum absolute atomic E-state index is 4.44. The van der Waals surface area contributed by atoms with Gasteiger partial charge in [-0.1, -0.05) is 0 Å². The van der Waals surface area contributed by atoms with E-state index in [2.05, 4.69) is 42.5 Å². The predicted molar refractivity (Wildman–Crippen MR) is 79.9 cm³/mol. The summed E-state index contributed by atoms with van der Waals surface area (Å²) in [5.74, 6) is 0. The Morgan fingerprint density at radius 1 is 1.21 bits per heavy atom. The number of nitrogens with one attached hydrogen (secondary N) is 1. The molecule has 106 valence electrons. The second-order valence-electron chi connectivity index (χ2n) is 4.41. The Bertz CT molecular complexity index is 527. The molecule has 0 amide bonds. The summed E-state index contributed by atoms with van der Waals surface area (Å²) in [5, 5.41) is 12.2. The summed E-state index contributed by atoms with van der Waals surface area (Å²) in [7, 11) is 0. The lowest BCUT2D eigenvalue weighted by molar-refractivity contribution is 0.640. The maximum Gasteiger partial charge on any atom is 0.0758 e. The summed E-state index contributed by atoms with van der Waals surface area (Å²) in [6.07, 6.45) is 3.99. The van der Waals surface area contributed by atoms with Crippen molar-refractivity contribution in [1.82, 2.24) is 19.6 Å². The van der Waals surface area contributed by atoms with Crippen molar-refractivity contribution in [3.8, 4) is 0 Å². The topological polar surface area (TPSA) is 47.7 Å². The lowest BCUT2D eigenvalue weighted by Crippen LogP contribution is -2.03. The maximum atomic E-state index is 4.44. The molecule has 0 unspecified atom stereocenters. The van der Waals surface area contributed by atoms with Gasteiger partial charge < -0.3 is 5.32 Å². The van der Waals surface area contributed by atoms with Crippen molar-refractivity contribution in [3.63, 3.8) is 0 Å². The summed E-state index contributed by atoms with van der Waals surface area (Å²) >= 11 is 0. The van der Waals surface area contributed by atoms with Gasteiger partial charge in [-0.2, -0.15) is 10.2 Å². The third kappa shape index (κ3) is 3.29. The molecular formula is C13H22ClN5. The number of hydrogen-bond donors (Lipinski definition) is 1. The van der Waals surface area contributed by atoms with E-state index in [1.165, 1.54) is 11.3 Å². The number of aryl methyl sites for hydroxylation is 3. The van der Waals surface area contributed by atoms with Crippen LogP contribution in [0.5, 0.6) is 0 Å². The molecular weight excluding hydrogens is 262 g/mol. The third-order valence-electron chi connectivity index (χ3n) is 3.24. The Labute approximate surface area is 120 Å². The van der Waals surface area contributed by atoms with Gasteiger partial charge in [0.2, 0.25) is 0 Å². The molecule has 2 aromatic rings. The number of rotatable bonds is 5. The SMILES string of the molecule is CCn1cc(CNc2cnn(CC)c2C)c(C)n1.Cl. The Morgan fingerprint density at radius 3 is 2.47 bits per heavy atom. The molecule has 0 aromatic carbocycles. The van der Waals surface area contributed by atoms with Crippen molar-refractivity contribution >= 4 is 18.1 Å². The first-order valence-electron chi connectivity index (χ1n) is 6.44.